The molecule has 0 saturated carbocycles. The lowest BCUT2D eigenvalue weighted by Gasteiger charge is -2.31. The summed E-state index contributed by atoms with van der Waals surface area (Å²) >= 11 is 0. The number of benzene rings is 2. The van der Waals surface area contributed by atoms with Gasteiger partial charge < -0.3 is 4.90 Å². The van der Waals surface area contributed by atoms with Crippen molar-refractivity contribution in [2.45, 2.75) is 24.5 Å². The van der Waals surface area contributed by atoms with Crippen molar-refractivity contribution in [3.05, 3.63) is 48.0 Å². The lowest BCUT2D eigenvalue weighted by atomic mass is 10.0. The molecule has 0 N–H and O–H groups in total. The van der Waals surface area contributed by atoms with Gasteiger partial charge in [-0.1, -0.05) is 42.5 Å². The van der Waals surface area contributed by atoms with E-state index in [1.54, 1.807) is 4.90 Å². The van der Waals surface area contributed by atoms with Crippen molar-refractivity contribution in [1.82, 2.24) is 4.90 Å². The summed E-state index contributed by atoms with van der Waals surface area (Å²) in [6, 6.07) is 14.1. The second-order valence-corrected chi connectivity index (χ2v) is 8.55. The molecule has 2 aromatic carbocycles. The number of carbonyl (C=O) groups is 1. The molecule has 5 heteroatoms. The molecule has 1 aliphatic rings. The molecule has 122 valence electrons. The van der Waals surface area contributed by atoms with Gasteiger partial charge in [-0.25, -0.2) is 8.42 Å². The standard InChI is InChI=1S/C18H21NO3S/c1-23(21,22)16-9-11-19(12-10-16)18(20)13-15-7-4-6-14-5-2-3-8-17(14)15/h2-8,16H,9-13H2,1H3. The minimum atomic E-state index is -3.00. The van der Waals surface area contributed by atoms with Gasteiger partial charge in [-0.15, -0.1) is 0 Å². The normalized spacial score (nSPS) is 16.7. The number of sulfone groups is 1. The maximum absolute atomic E-state index is 12.5. The Morgan fingerprint density at radius 3 is 2.43 bits per heavy atom. The van der Waals surface area contributed by atoms with Crippen LogP contribution in [0.15, 0.2) is 42.5 Å². The number of nitrogens with zero attached hydrogens (tertiary/aromatic N) is 1. The summed E-state index contributed by atoms with van der Waals surface area (Å²) in [6.07, 6.45) is 2.73. The first-order valence-corrected chi connectivity index (χ1v) is 9.84. The van der Waals surface area contributed by atoms with E-state index in [2.05, 4.69) is 0 Å². The molecule has 4 nitrogen and oxygen atoms in total. The van der Waals surface area contributed by atoms with Gasteiger partial charge in [-0.3, -0.25) is 4.79 Å². The van der Waals surface area contributed by atoms with Crippen molar-refractivity contribution in [1.29, 1.82) is 0 Å². The molecule has 23 heavy (non-hydrogen) atoms. The highest BCUT2D eigenvalue weighted by Crippen LogP contribution is 2.21. The first-order chi connectivity index (χ1) is 10.9. The summed E-state index contributed by atoms with van der Waals surface area (Å²) in [5, 5.41) is 1.94. The van der Waals surface area contributed by atoms with E-state index >= 15 is 0 Å². The minimum absolute atomic E-state index is 0.0771. The monoisotopic (exact) mass is 331 g/mol. The summed E-state index contributed by atoms with van der Waals surface area (Å²) in [7, 11) is -3.00. The number of carbonyl (C=O) groups excluding carboxylic acids is 1. The van der Waals surface area contributed by atoms with E-state index in [0.717, 1.165) is 16.3 Å². The maximum atomic E-state index is 12.5. The Labute approximate surface area is 137 Å². The van der Waals surface area contributed by atoms with Crippen molar-refractivity contribution in [3.63, 3.8) is 0 Å². The Balaban J connectivity index is 1.70. The summed E-state index contributed by atoms with van der Waals surface area (Å²) in [5.74, 6) is 0.0771. The van der Waals surface area contributed by atoms with E-state index < -0.39 is 9.84 Å². The smallest absolute Gasteiger partial charge is 0.227 e. The third kappa shape index (κ3) is 3.55. The Hall–Kier alpha value is -1.88. The van der Waals surface area contributed by atoms with Crippen molar-refractivity contribution in [2.24, 2.45) is 0 Å². The number of piperidine rings is 1. The summed E-state index contributed by atoms with van der Waals surface area (Å²) in [5.41, 5.74) is 1.03. The van der Waals surface area contributed by atoms with E-state index in [9.17, 15) is 13.2 Å². The van der Waals surface area contributed by atoms with Gasteiger partial charge in [-0.2, -0.15) is 0 Å². The lowest BCUT2D eigenvalue weighted by molar-refractivity contribution is -0.131. The predicted molar refractivity (Wildman–Crippen MR) is 92.1 cm³/mol. The van der Waals surface area contributed by atoms with Crippen molar-refractivity contribution < 1.29 is 13.2 Å². The van der Waals surface area contributed by atoms with Crippen LogP contribution in [0.5, 0.6) is 0 Å². The quantitative estimate of drug-likeness (QED) is 0.868. The van der Waals surface area contributed by atoms with Gasteiger partial charge in [0.2, 0.25) is 5.91 Å². The molecule has 0 spiro atoms. The molecule has 1 aliphatic heterocycles. The second-order valence-electron chi connectivity index (χ2n) is 6.22. The van der Waals surface area contributed by atoms with Crippen LogP contribution in [-0.2, 0) is 21.1 Å². The average molecular weight is 331 g/mol. The van der Waals surface area contributed by atoms with Crippen molar-refractivity contribution in [3.8, 4) is 0 Å². The molecular weight excluding hydrogens is 310 g/mol. The van der Waals surface area contributed by atoms with E-state index in [1.165, 1.54) is 6.26 Å². The fourth-order valence-corrected chi connectivity index (χ4v) is 4.32. The zero-order valence-corrected chi connectivity index (χ0v) is 14.1. The van der Waals surface area contributed by atoms with Gasteiger partial charge in [-0.05, 0) is 29.2 Å². The van der Waals surface area contributed by atoms with E-state index in [4.69, 9.17) is 0 Å². The highest BCUT2D eigenvalue weighted by Gasteiger charge is 2.28. The second kappa shape index (κ2) is 6.32. The van der Waals surface area contributed by atoms with Gasteiger partial charge in [0.25, 0.3) is 0 Å². The largest absolute Gasteiger partial charge is 0.342 e. The Morgan fingerprint density at radius 1 is 1.09 bits per heavy atom. The third-order valence-corrected chi connectivity index (χ3v) is 6.30. The molecule has 0 aliphatic carbocycles. The molecular formula is C18H21NO3S. The van der Waals surface area contributed by atoms with Gasteiger partial charge in [0.1, 0.15) is 9.84 Å². The van der Waals surface area contributed by atoms with Crippen LogP contribution in [0, 0.1) is 0 Å². The Kier molecular flexibility index (Phi) is 4.39. The first-order valence-electron chi connectivity index (χ1n) is 7.88. The number of amides is 1. The van der Waals surface area contributed by atoms with Crippen LogP contribution in [-0.4, -0.2) is 43.8 Å². The Bertz CT molecular complexity index is 816. The summed E-state index contributed by atoms with van der Waals surface area (Å²) in [4.78, 5) is 14.3. The van der Waals surface area contributed by atoms with Crippen LogP contribution in [0.3, 0.4) is 0 Å². The highest BCUT2D eigenvalue weighted by atomic mass is 32.2. The Morgan fingerprint density at radius 2 is 1.74 bits per heavy atom. The number of fused-ring (bicyclic) bond motifs is 1. The van der Waals surface area contributed by atoms with Crippen LogP contribution >= 0.6 is 0 Å². The molecule has 3 rings (SSSR count). The van der Waals surface area contributed by atoms with Gasteiger partial charge >= 0.3 is 0 Å². The van der Waals surface area contributed by atoms with E-state index in [-0.39, 0.29) is 11.2 Å². The molecule has 0 aromatic heterocycles. The van der Waals surface area contributed by atoms with Gasteiger partial charge in [0.15, 0.2) is 0 Å². The molecule has 2 aromatic rings. The van der Waals surface area contributed by atoms with Crippen molar-refractivity contribution >= 4 is 26.5 Å². The average Bonchev–Trinajstić information content (AvgIpc) is 2.54. The molecule has 0 unspecified atom stereocenters. The molecule has 1 fully saturated rings. The lowest BCUT2D eigenvalue weighted by Crippen LogP contribution is -2.42. The molecule has 0 bridgehead atoms. The maximum Gasteiger partial charge on any atom is 0.227 e. The van der Waals surface area contributed by atoms with Gasteiger partial charge in [0, 0.05) is 19.3 Å². The molecule has 1 heterocycles. The molecule has 1 saturated heterocycles. The fraction of sp³-hybridized carbons (Fsp3) is 0.389. The number of rotatable bonds is 3. The predicted octanol–water partition coefficient (Wildman–Crippen LogP) is 2.42. The molecule has 1 amide bonds. The minimum Gasteiger partial charge on any atom is -0.342 e. The first kappa shape index (κ1) is 16.0. The van der Waals surface area contributed by atoms with Gasteiger partial charge in [0.05, 0.1) is 11.7 Å². The zero-order chi connectivity index (χ0) is 16.4. The third-order valence-electron chi connectivity index (χ3n) is 4.62. The van der Waals surface area contributed by atoms with Crippen LogP contribution in [0.25, 0.3) is 10.8 Å². The molecule has 0 radical (unpaired) electrons. The highest BCUT2D eigenvalue weighted by molar-refractivity contribution is 7.91. The number of hydrogen-bond acceptors (Lipinski definition) is 3. The fourth-order valence-electron chi connectivity index (χ4n) is 3.25. The number of likely N-dealkylation sites (tertiary alicyclic amines) is 1. The summed E-state index contributed by atoms with van der Waals surface area (Å²) < 4.78 is 23.2. The van der Waals surface area contributed by atoms with Crippen molar-refractivity contribution in [2.75, 3.05) is 19.3 Å². The van der Waals surface area contributed by atoms with Crippen LogP contribution in [0.1, 0.15) is 18.4 Å². The van der Waals surface area contributed by atoms with E-state index in [0.29, 0.717) is 32.4 Å². The zero-order valence-electron chi connectivity index (χ0n) is 13.2. The summed E-state index contributed by atoms with van der Waals surface area (Å²) in [6.45, 7) is 1.06. The van der Waals surface area contributed by atoms with Crippen LogP contribution in [0.2, 0.25) is 0 Å². The van der Waals surface area contributed by atoms with Crippen LogP contribution in [0.4, 0.5) is 0 Å². The van der Waals surface area contributed by atoms with E-state index in [1.807, 2.05) is 42.5 Å². The van der Waals surface area contributed by atoms with Crippen LogP contribution < -0.4 is 0 Å². The SMILES string of the molecule is CS(=O)(=O)C1CCN(C(=O)Cc2cccc3ccccc23)CC1. The molecule has 0 atom stereocenters. The number of hydrogen-bond donors (Lipinski definition) is 0. The topological polar surface area (TPSA) is 54.5 Å².